The molecule has 0 amide bonds. The minimum atomic E-state index is 0.249. The first-order valence-electron chi connectivity index (χ1n) is 7.50. The Kier molecular flexibility index (Phi) is 3.77. The van der Waals surface area contributed by atoms with E-state index in [1.807, 2.05) is 47.8 Å². The van der Waals surface area contributed by atoms with Gasteiger partial charge in [0.2, 0.25) is 5.95 Å². The minimum Gasteiger partial charge on any atom is -0.382 e. The Morgan fingerprint density at radius 2 is 2.00 bits per heavy atom. The van der Waals surface area contributed by atoms with Gasteiger partial charge in [-0.05, 0) is 32.0 Å². The maximum atomic E-state index is 6.03. The van der Waals surface area contributed by atoms with Crippen molar-refractivity contribution in [1.82, 2.24) is 19.5 Å². The maximum Gasteiger partial charge on any atom is 0.231 e. The summed E-state index contributed by atoms with van der Waals surface area (Å²) in [5.74, 6) is 0.842. The van der Waals surface area contributed by atoms with Gasteiger partial charge in [0.05, 0.1) is 6.33 Å². The summed E-state index contributed by atoms with van der Waals surface area (Å²) in [6.45, 7) is 4.15. The largest absolute Gasteiger partial charge is 0.382 e. The van der Waals surface area contributed by atoms with Crippen molar-refractivity contribution in [3.05, 3.63) is 30.6 Å². The molecule has 0 aliphatic rings. The molecule has 0 unspecified atom stereocenters. The highest BCUT2D eigenvalue weighted by atomic mass is 15.2. The highest BCUT2D eigenvalue weighted by Crippen LogP contribution is 2.24. The number of anilines is 4. The SMILES string of the molecule is CC(C)n1cnc2c(N)nc(Nc3cccc(N(C)C)c3)nc21. The van der Waals surface area contributed by atoms with E-state index in [-0.39, 0.29) is 6.04 Å². The minimum absolute atomic E-state index is 0.249. The zero-order valence-corrected chi connectivity index (χ0v) is 13.8. The summed E-state index contributed by atoms with van der Waals surface area (Å²) in [4.78, 5) is 15.2. The van der Waals surface area contributed by atoms with Crippen molar-refractivity contribution in [3.63, 3.8) is 0 Å². The molecular weight excluding hydrogens is 290 g/mol. The predicted octanol–water partition coefficient (Wildman–Crippen LogP) is 2.80. The van der Waals surface area contributed by atoms with Gasteiger partial charge in [-0.3, -0.25) is 0 Å². The molecule has 0 saturated heterocycles. The van der Waals surface area contributed by atoms with E-state index < -0.39 is 0 Å². The van der Waals surface area contributed by atoms with E-state index in [4.69, 9.17) is 5.73 Å². The maximum absolute atomic E-state index is 6.03. The smallest absolute Gasteiger partial charge is 0.231 e. The van der Waals surface area contributed by atoms with Gasteiger partial charge in [0.15, 0.2) is 11.5 Å². The molecule has 3 aromatic rings. The molecule has 120 valence electrons. The van der Waals surface area contributed by atoms with Crippen LogP contribution in [0.5, 0.6) is 0 Å². The number of aromatic nitrogens is 4. The van der Waals surface area contributed by atoms with Gasteiger partial charge in [0.25, 0.3) is 0 Å². The van der Waals surface area contributed by atoms with Gasteiger partial charge in [0.1, 0.15) is 5.52 Å². The molecule has 2 aromatic heterocycles. The normalized spacial score (nSPS) is 11.2. The van der Waals surface area contributed by atoms with Crippen molar-refractivity contribution >= 4 is 34.3 Å². The highest BCUT2D eigenvalue weighted by Gasteiger charge is 2.13. The van der Waals surface area contributed by atoms with Gasteiger partial charge in [-0.15, -0.1) is 0 Å². The Morgan fingerprint density at radius 1 is 1.22 bits per heavy atom. The van der Waals surface area contributed by atoms with Crippen LogP contribution >= 0.6 is 0 Å². The molecule has 1 aromatic carbocycles. The Bertz CT molecular complexity index is 836. The van der Waals surface area contributed by atoms with Crippen molar-refractivity contribution in [3.8, 4) is 0 Å². The number of benzene rings is 1. The van der Waals surface area contributed by atoms with Crippen molar-refractivity contribution in [2.24, 2.45) is 0 Å². The van der Waals surface area contributed by atoms with E-state index in [9.17, 15) is 0 Å². The standard InChI is InChI=1S/C16H21N7/c1-10(2)23-9-18-13-14(17)20-16(21-15(13)23)19-11-6-5-7-12(8-11)22(3)4/h5-10H,1-4H3,(H3,17,19,20,21). The van der Waals surface area contributed by atoms with Crippen LogP contribution < -0.4 is 16.0 Å². The molecule has 3 N–H and O–H groups in total. The first-order chi connectivity index (χ1) is 11.0. The third kappa shape index (κ3) is 2.90. The number of fused-ring (bicyclic) bond motifs is 1. The van der Waals surface area contributed by atoms with E-state index in [1.54, 1.807) is 6.33 Å². The van der Waals surface area contributed by atoms with Crippen molar-refractivity contribution in [2.45, 2.75) is 19.9 Å². The van der Waals surface area contributed by atoms with Crippen LogP contribution in [-0.4, -0.2) is 33.6 Å². The van der Waals surface area contributed by atoms with Gasteiger partial charge in [-0.1, -0.05) is 6.07 Å². The number of nitrogen functional groups attached to an aromatic ring is 1. The Hall–Kier alpha value is -2.83. The topological polar surface area (TPSA) is 84.9 Å². The summed E-state index contributed by atoms with van der Waals surface area (Å²) in [5, 5.41) is 3.22. The molecule has 0 bridgehead atoms. The quantitative estimate of drug-likeness (QED) is 0.770. The van der Waals surface area contributed by atoms with Crippen LogP contribution in [0.15, 0.2) is 30.6 Å². The van der Waals surface area contributed by atoms with Gasteiger partial charge in [-0.25, -0.2) is 4.98 Å². The molecular formula is C16H21N7. The number of hydrogen-bond acceptors (Lipinski definition) is 6. The number of rotatable bonds is 4. The van der Waals surface area contributed by atoms with Crippen molar-refractivity contribution in [1.29, 1.82) is 0 Å². The Morgan fingerprint density at radius 3 is 2.70 bits per heavy atom. The molecule has 0 aliphatic heterocycles. The van der Waals surface area contributed by atoms with Gasteiger partial charge in [0, 0.05) is 31.5 Å². The van der Waals surface area contributed by atoms with Crippen molar-refractivity contribution in [2.75, 3.05) is 30.0 Å². The van der Waals surface area contributed by atoms with Crippen LogP contribution in [0, 0.1) is 0 Å². The second kappa shape index (κ2) is 5.75. The molecule has 0 radical (unpaired) electrons. The predicted molar refractivity (Wildman–Crippen MR) is 94.2 cm³/mol. The lowest BCUT2D eigenvalue weighted by molar-refractivity contribution is 0.613. The number of hydrogen-bond donors (Lipinski definition) is 2. The van der Waals surface area contributed by atoms with Crippen LogP contribution in [-0.2, 0) is 0 Å². The van der Waals surface area contributed by atoms with E-state index in [0.29, 0.717) is 17.3 Å². The van der Waals surface area contributed by atoms with Crippen LogP contribution in [0.25, 0.3) is 11.2 Å². The van der Waals surface area contributed by atoms with E-state index in [1.165, 1.54) is 0 Å². The molecule has 7 heteroatoms. The fourth-order valence-electron chi connectivity index (χ4n) is 2.36. The lowest BCUT2D eigenvalue weighted by atomic mass is 10.2. The van der Waals surface area contributed by atoms with E-state index in [2.05, 4.69) is 34.1 Å². The average molecular weight is 311 g/mol. The third-order valence-corrected chi connectivity index (χ3v) is 3.62. The van der Waals surface area contributed by atoms with E-state index >= 15 is 0 Å². The third-order valence-electron chi connectivity index (χ3n) is 3.62. The molecule has 0 aliphatic carbocycles. The fraction of sp³-hybridized carbons (Fsp3) is 0.312. The molecule has 0 atom stereocenters. The lowest BCUT2D eigenvalue weighted by Gasteiger charge is -2.14. The van der Waals surface area contributed by atoms with Crippen molar-refractivity contribution < 1.29 is 0 Å². The fourth-order valence-corrected chi connectivity index (χ4v) is 2.36. The summed E-state index contributed by atoms with van der Waals surface area (Å²) in [6, 6.07) is 8.27. The Labute approximate surface area is 135 Å². The molecule has 0 fully saturated rings. The van der Waals surface area contributed by atoms with Crippen LogP contribution in [0.1, 0.15) is 19.9 Å². The summed E-state index contributed by atoms with van der Waals surface area (Å²) in [7, 11) is 4.00. The second-order valence-electron chi connectivity index (χ2n) is 5.92. The number of imidazole rings is 1. The number of nitrogens with zero attached hydrogens (tertiary/aromatic N) is 5. The number of nitrogens with one attached hydrogen (secondary N) is 1. The summed E-state index contributed by atoms with van der Waals surface area (Å²) in [5.41, 5.74) is 9.39. The van der Waals surface area contributed by atoms with Gasteiger partial charge >= 0.3 is 0 Å². The molecule has 3 rings (SSSR count). The van der Waals surface area contributed by atoms with Crippen LogP contribution in [0.4, 0.5) is 23.1 Å². The average Bonchev–Trinajstić information content (AvgIpc) is 2.92. The monoisotopic (exact) mass is 311 g/mol. The van der Waals surface area contributed by atoms with Gasteiger partial charge < -0.3 is 20.5 Å². The summed E-state index contributed by atoms with van der Waals surface area (Å²) < 4.78 is 1.98. The highest BCUT2D eigenvalue weighted by molar-refractivity contribution is 5.83. The molecule has 0 spiro atoms. The molecule has 7 nitrogen and oxygen atoms in total. The summed E-state index contributed by atoms with van der Waals surface area (Å²) >= 11 is 0. The molecule has 23 heavy (non-hydrogen) atoms. The van der Waals surface area contributed by atoms with Crippen LogP contribution in [0.2, 0.25) is 0 Å². The molecule has 0 saturated carbocycles. The first kappa shape index (κ1) is 15.1. The second-order valence-corrected chi connectivity index (χ2v) is 5.92. The zero-order valence-electron chi connectivity index (χ0n) is 13.8. The lowest BCUT2D eigenvalue weighted by Crippen LogP contribution is -2.09. The number of nitrogens with two attached hydrogens (primary N) is 1. The van der Waals surface area contributed by atoms with E-state index in [0.717, 1.165) is 17.0 Å². The van der Waals surface area contributed by atoms with Crippen LogP contribution in [0.3, 0.4) is 0 Å². The Balaban J connectivity index is 2.00. The van der Waals surface area contributed by atoms with Gasteiger partial charge in [-0.2, -0.15) is 9.97 Å². The summed E-state index contributed by atoms with van der Waals surface area (Å²) in [6.07, 6.45) is 1.75. The molecule has 2 heterocycles. The first-order valence-corrected chi connectivity index (χ1v) is 7.50. The zero-order chi connectivity index (χ0) is 16.6.